The number of ether oxygens (including phenoxy) is 1. The van der Waals surface area contributed by atoms with Gasteiger partial charge in [-0.2, -0.15) is 0 Å². The van der Waals surface area contributed by atoms with E-state index in [1.165, 1.54) is 0 Å². The Morgan fingerprint density at radius 1 is 1.12 bits per heavy atom. The number of aryl methyl sites for hydroxylation is 1. The van der Waals surface area contributed by atoms with Crippen LogP contribution in [0.2, 0.25) is 0 Å². The predicted molar refractivity (Wildman–Crippen MR) is 68.6 cm³/mol. The highest BCUT2D eigenvalue weighted by Crippen LogP contribution is 2.22. The lowest BCUT2D eigenvalue weighted by Gasteiger charge is -2.28. The minimum Gasteiger partial charge on any atom is -0.458 e. The lowest BCUT2D eigenvalue weighted by molar-refractivity contribution is -0.161. The Hall–Kier alpha value is -1.35. The van der Waals surface area contributed by atoms with E-state index in [0.29, 0.717) is 0 Å². The lowest BCUT2D eigenvalue weighted by Crippen LogP contribution is -2.45. The van der Waals surface area contributed by atoms with Gasteiger partial charge in [-0.05, 0) is 40.2 Å². The van der Waals surface area contributed by atoms with Gasteiger partial charge >= 0.3 is 5.97 Å². The second kappa shape index (κ2) is 4.49. The van der Waals surface area contributed by atoms with E-state index in [9.17, 15) is 4.79 Å². The van der Waals surface area contributed by atoms with E-state index in [1.54, 1.807) is 6.92 Å². The van der Waals surface area contributed by atoms with Crippen molar-refractivity contribution in [1.82, 2.24) is 0 Å². The van der Waals surface area contributed by atoms with Crippen LogP contribution in [-0.2, 0) is 15.1 Å². The Kier molecular flexibility index (Phi) is 3.62. The SMILES string of the molecule is Cc1ccc([C@@](C)(N)C(=O)OC(C)(C)C)cc1. The lowest BCUT2D eigenvalue weighted by atomic mass is 9.92. The molecule has 0 unspecified atom stereocenters. The van der Waals surface area contributed by atoms with Gasteiger partial charge < -0.3 is 10.5 Å². The highest BCUT2D eigenvalue weighted by Gasteiger charge is 2.34. The Labute approximate surface area is 103 Å². The second-order valence-electron chi connectivity index (χ2n) is 5.57. The molecule has 3 heteroatoms. The van der Waals surface area contributed by atoms with E-state index in [0.717, 1.165) is 11.1 Å². The number of hydrogen-bond donors (Lipinski definition) is 1. The fraction of sp³-hybridized carbons (Fsp3) is 0.500. The summed E-state index contributed by atoms with van der Waals surface area (Å²) in [6.07, 6.45) is 0. The van der Waals surface area contributed by atoms with Crippen LogP contribution in [0.3, 0.4) is 0 Å². The zero-order valence-electron chi connectivity index (χ0n) is 11.2. The quantitative estimate of drug-likeness (QED) is 0.801. The van der Waals surface area contributed by atoms with Crippen LogP contribution in [0.5, 0.6) is 0 Å². The molecule has 1 atom stereocenters. The van der Waals surface area contributed by atoms with Crippen molar-refractivity contribution in [2.75, 3.05) is 0 Å². The van der Waals surface area contributed by atoms with Crippen LogP contribution >= 0.6 is 0 Å². The Morgan fingerprint density at radius 2 is 1.59 bits per heavy atom. The molecule has 2 N–H and O–H groups in total. The van der Waals surface area contributed by atoms with Crippen molar-refractivity contribution in [3.05, 3.63) is 35.4 Å². The fourth-order valence-corrected chi connectivity index (χ4v) is 1.40. The maximum Gasteiger partial charge on any atom is 0.331 e. The summed E-state index contributed by atoms with van der Waals surface area (Å²) in [6.45, 7) is 9.15. The number of rotatable bonds is 2. The van der Waals surface area contributed by atoms with Gasteiger partial charge in [-0.25, -0.2) is 4.79 Å². The maximum atomic E-state index is 12.0. The van der Waals surface area contributed by atoms with E-state index in [2.05, 4.69) is 0 Å². The van der Waals surface area contributed by atoms with Crippen molar-refractivity contribution in [2.45, 2.75) is 45.8 Å². The van der Waals surface area contributed by atoms with Gasteiger partial charge in [0.2, 0.25) is 0 Å². The summed E-state index contributed by atoms with van der Waals surface area (Å²) < 4.78 is 5.32. The average molecular weight is 235 g/mol. The first-order chi connectivity index (χ1) is 7.63. The molecular weight excluding hydrogens is 214 g/mol. The maximum absolute atomic E-state index is 12.0. The fourth-order valence-electron chi connectivity index (χ4n) is 1.40. The smallest absolute Gasteiger partial charge is 0.331 e. The molecule has 0 spiro atoms. The number of carbonyl (C=O) groups is 1. The number of hydrogen-bond acceptors (Lipinski definition) is 3. The zero-order valence-corrected chi connectivity index (χ0v) is 11.2. The molecule has 0 aromatic heterocycles. The molecule has 94 valence electrons. The van der Waals surface area contributed by atoms with Gasteiger partial charge in [0.1, 0.15) is 11.1 Å². The van der Waals surface area contributed by atoms with E-state index < -0.39 is 17.1 Å². The van der Waals surface area contributed by atoms with Crippen molar-refractivity contribution < 1.29 is 9.53 Å². The third-order valence-electron chi connectivity index (χ3n) is 2.47. The first kappa shape index (κ1) is 13.7. The molecule has 17 heavy (non-hydrogen) atoms. The van der Waals surface area contributed by atoms with Gasteiger partial charge in [0.15, 0.2) is 0 Å². The predicted octanol–water partition coefficient (Wildman–Crippen LogP) is 2.51. The molecule has 0 radical (unpaired) electrons. The van der Waals surface area contributed by atoms with Gasteiger partial charge in [0, 0.05) is 0 Å². The molecule has 1 rings (SSSR count). The van der Waals surface area contributed by atoms with Crippen molar-refractivity contribution in [1.29, 1.82) is 0 Å². The first-order valence-corrected chi connectivity index (χ1v) is 5.72. The summed E-state index contributed by atoms with van der Waals surface area (Å²) in [5.41, 5.74) is 6.32. The minimum atomic E-state index is -1.11. The molecule has 0 fully saturated rings. The van der Waals surface area contributed by atoms with Crippen molar-refractivity contribution in [2.24, 2.45) is 5.73 Å². The summed E-state index contributed by atoms with van der Waals surface area (Å²) in [5.74, 6) is -0.408. The number of benzene rings is 1. The Morgan fingerprint density at radius 3 is 2.00 bits per heavy atom. The first-order valence-electron chi connectivity index (χ1n) is 5.72. The number of nitrogens with two attached hydrogens (primary N) is 1. The van der Waals surface area contributed by atoms with E-state index in [1.807, 2.05) is 52.0 Å². The molecule has 1 aromatic carbocycles. The highest BCUT2D eigenvalue weighted by molar-refractivity contribution is 5.82. The number of esters is 1. The molecule has 1 aromatic rings. The Bertz CT molecular complexity index is 399. The van der Waals surface area contributed by atoms with Crippen LogP contribution in [-0.4, -0.2) is 11.6 Å². The molecular formula is C14H21NO2. The van der Waals surface area contributed by atoms with Crippen molar-refractivity contribution in [3.8, 4) is 0 Å². The van der Waals surface area contributed by atoms with Gasteiger partial charge in [-0.3, -0.25) is 0 Å². The molecule has 0 bridgehead atoms. The van der Waals surface area contributed by atoms with E-state index in [4.69, 9.17) is 10.5 Å². The molecule has 0 aliphatic heterocycles. The van der Waals surface area contributed by atoms with Crippen molar-refractivity contribution >= 4 is 5.97 Å². The summed E-state index contributed by atoms with van der Waals surface area (Å²) in [7, 11) is 0. The normalized spacial score (nSPS) is 15.2. The van der Waals surface area contributed by atoms with E-state index in [-0.39, 0.29) is 0 Å². The van der Waals surface area contributed by atoms with Crippen LogP contribution in [0, 0.1) is 6.92 Å². The Balaban J connectivity index is 2.94. The van der Waals surface area contributed by atoms with E-state index >= 15 is 0 Å². The van der Waals surface area contributed by atoms with Crippen LogP contribution in [0.15, 0.2) is 24.3 Å². The summed E-state index contributed by atoms with van der Waals surface area (Å²) >= 11 is 0. The third kappa shape index (κ3) is 3.56. The summed E-state index contributed by atoms with van der Waals surface area (Å²) in [4.78, 5) is 12.0. The van der Waals surface area contributed by atoms with Gasteiger partial charge in [0.25, 0.3) is 0 Å². The highest BCUT2D eigenvalue weighted by atomic mass is 16.6. The van der Waals surface area contributed by atoms with Crippen LogP contribution < -0.4 is 5.73 Å². The average Bonchev–Trinajstić information content (AvgIpc) is 2.15. The minimum absolute atomic E-state index is 0.408. The van der Waals surface area contributed by atoms with Gasteiger partial charge in [0.05, 0.1) is 0 Å². The van der Waals surface area contributed by atoms with Gasteiger partial charge in [-0.1, -0.05) is 29.8 Å². The molecule has 0 aliphatic rings. The molecule has 0 saturated heterocycles. The standard InChI is InChI=1S/C14H21NO2/c1-10-6-8-11(9-7-10)14(5,15)12(16)17-13(2,3)4/h6-9H,15H2,1-5H3/t14-/m1/s1. The van der Waals surface area contributed by atoms with Crippen molar-refractivity contribution in [3.63, 3.8) is 0 Å². The van der Waals surface area contributed by atoms with Crippen LogP contribution in [0.4, 0.5) is 0 Å². The second-order valence-corrected chi connectivity index (χ2v) is 5.57. The third-order valence-corrected chi connectivity index (χ3v) is 2.47. The largest absolute Gasteiger partial charge is 0.458 e. The molecule has 0 saturated carbocycles. The van der Waals surface area contributed by atoms with Crippen LogP contribution in [0.1, 0.15) is 38.8 Å². The monoisotopic (exact) mass is 235 g/mol. The molecule has 3 nitrogen and oxygen atoms in total. The van der Waals surface area contributed by atoms with Gasteiger partial charge in [-0.15, -0.1) is 0 Å². The molecule has 0 heterocycles. The molecule has 0 amide bonds. The number of carbonyl (C=O) groups excluding carboxylic acids is 1. The topological polar surface area (TPSA) is 52.3 Å². The summed E-state index contributed by atoms with van der Waals surface area (Å²) in [6, 6.07) is 7.59. The zero-order chi connectivity index (χ0) is 13.3. The molecule has 0 aliphatic carbocycles. The summed E-state index contributed by atoms with van der Waals surface area (Å²) in [5, 5.41) is 0. The van der Waals surface area contributed by atoms with Crippen LogP contribution in [0.25, 0.3) is 0 Å².